The van der Waals surface area contributed by atoms with Crippen molar-refractivity contribution >= 4 is 16.3 Å². The van der Waals surface area contributed by atoms with Crippen molar-refractivity contribution in [2.45, 2.75) is 6.04 Å². The highest BCUT2D eigenvalue weighted by Gasteiger charge is 2.20. The Morgan fingerprint density at radius 3 is 2.09 bits per heavy atom. The van der Waals surface area contributed by atoms with Gasteiger partial charge in [0.15, 0.2) is 0 Å². The van der Waals surface area contributed by atoms with Crippen LogP contribution >= 0.6 is 0 Å². The molecule has 0 amide bonds. The van der Waals surface area contributed by atoms with Crippen molar-refractivity contribution < 1.29 is 28.0 Å². The largest absolute Gasteiger partial charge is 0.480 e. The maximum Gasteiger partial charge on any atom is 0.334 e. The summed E-state index contributed by atoms with van der Waals surface area (Å²) in [7, 11) is -4.57. The van der Waals surface area contributed by atoms with Crippen LogP contribution < -0.4 is 4.72 Å². The molecule has 66 valence electrons. The molecule has 0 aliphatic carbocycles. The van der Waals surface area contributed by atoms with Crippen LogP contribution in [0.1, 0.15) is 0 Å². The van der Waals surface area contributed by atoms with Crippen molar-refractivity contribution in [3.8, 4) is 0 Å². The Morgan fingerprint density at radius 1 is 1.55 bits per heavy atom. The first-order valence-electron chi connectivity index (χ1n) is 2.45. The number of hydrogen-bond acceptors (Lipinski definition) is 4. The van der Waals surface area contributed by atoms with Gasteiger partial charge in [0.2, 0.25) is 0 Å². The van der Waals surface area contributed by atoms with Gasteiger partial charge in [-0.2, -0.15) is 13.1 Å². The van der Waals surface area contributed by atoms with Gasteiger partial charge in [0.25, 0.3) is 0 Å². The maximum absolute atomic E-state index is 10.0. The van der Waals surface area contributed by atoms with Crippen LogP contribution in [0.2, 0.25) is 0 Å². The minimum absolute atomic E-state index is 0.922. The average molecular weight is 185 g/mol. The second-order valence-corrected chi connectivity index (χ2v) is 2.85. The molecule has 0 aromatic rings. The summed E-state index contributed by atoms with van der Waals surface area (Å²) in [6, 6.07) is -1.70. The zero-order chi connectivity index (χ0) is 9.07. The number of carbonyl (C=O) groups is 1. The van der Waals surface area contributed by atoms with Gasteiger partial charge >= 0.3 is 16.3 Å². The quantitative estimate of drug-likeness (QED) is 0.369. The Balaban J connectivity index is 4.22. The summed E-state index contributed by atoms with van der Waals surface area (Å²) in [6.45, 7) is -0.922. The summed E-state index contributed by atoms with van der Waals surface area (Å²) in [5, 5.41) is 16.4. The number of carboxylic acids is 1. The topological polar surface area (TPSA) is 124 Å². The van der Waals surface area contributed by atoms with Gasteiger partial charge in [-0.1, -0.05) is 0 Å². The van der Waals surface area contributed by atoms with E-state index in [0.717, 1.165) is 0 Å². The van der Waals surface area contributed by atoms with Crippen LogP contribution in [0.25, 0.3) is 0 Å². The Bertz CT molecular complexity index is 232. The minimum atomic E-state index is -4.57. The molecule has 0 fully saturated rings. The molecule has 0 saturated carbocycles. The molecular weight excluding hydrogens is 178 g/mol. The van der Waals surface area contributed by atoms with E-state index in [4.69, 9.17) is 14.8 Å². The highest BCUT2D eigenvalue weighted by atomic mass is 32.2. The van der Waals surface area contributed by atoms with E-state index in [0.29, 0.717) is 0 Å². The molecular formula is C3H7NO6S. The smallest absolute Gasteiger partial charge is 0.334 e. The normalized spacial score (nSPS) is 14.4. The number of aliphatic carboxylic acids is 1. The zero-order valence-corrected chi connectivity index (χ0v) is 6.08. The first-order valence-corrected chi connectivity index (χ1v) is 3.89. The Morgan fingerprint density at radius 2 is 2.00 bits per heavy atom. The third-order valence-electron chi connectivity index (χ3n) is 0.772. The minimum Gasteiger partial charge on any atom is -0.480 e. The Labute approximate surface area is 62.5 Å². The van der Waals surface area contributed by atoms with E-state index in [2.05, 4.69) is 0 Å². The highest BCUT2D eigenvalue weighted by molar-refractivity contribution is 7.83. The van der Waals surface area contributed by atoms with E-state index in [9.17, 15) is 13.2 Å². The summed E-state index contributed by atoms with van der Waals surface area (Å²) >= 11 is 0. The van der Waals surface area contributed by atoms with Gasteiger partial charge in [0, 0.05) is 0 Å². The van der Waals surface area contributed by atoms with E-state index >= 15 is 0 Å². The molecule has 0 aliphatic heterocycles. The average Bonchev–Trinajstić information content (AvgIpc) is 1.80. The van der Waals surface area contributed by atoms with Gasteiger partial charge in [-0.05, 0) is 0 Å². The predicted molar refractivity (Wildman–Crippen MR) is 33.2 cm³/mol. The molecule has 0 rings (SSSR count). The maximum atomic E-state index is 10.0. The highest BCUT2D eigenvalue weighted by Crippen LogP contribution is 1.84. The molecule has 0 spiro atoms. The second kappa shape index (κ2) is 3.62. The van der Waals surface area contributed by atoms with Crippen LogP contribution in [-0.2, 0) is 15.1 Å². The van der Waals surface area contributed by atoms with Crippen LogP contribution in [0.15, 0.2) is 0 Å². The van der Waals surface area contributed by atoms with Crippen LogP contribution in [0.3, 0.4) is 0 Å². The van der Waals surface area contributed by atoms with E-state index in [1.165, 1.54) is 4.72 Å². The summed E-state index contributed by atoms with van der Waals surface area (Å²) in [5.74, 6) is -1.56. The number of hydrogen-bond donors (Lipinski definition) is 4. The Hall–Kier alpha value is -0.700. The van der Waals surface area contributed by atoms with Gasteiger partial charge in [0.05, 0.1) is 6.61 Å². The molecule has 1 atom stereocenters. The Kier molecular flexibility index (Phi) is 3.39. The fourth-order valence-electron chi connectivity index (χ4n) is 0.346. The third-order valence-corrected chi connectivity index (χ3v) is 1.35. The molecule has 11 heavy (non-hydrogen) atoms. The first-order chi connectivity index (χ1) is 4.87. The molecule has 0 aromatic heterocycles. The van der Waals surface area contributed by atoms with E-state index < -0.39 is 28.9 Å². The molecule has 1 unspecified atom stereocenters. The molecule has 7 nitrogen and oxygen atoms in total. The van der Waals surface area contributed by atoms with Crippen molar-refractivity contribution in [3.05, 3.63) is 0 Å². The lowest BCUT2D eigenvalue weighted by molar-refractivity contribution is -0.139. The van der Waals surface area contributed by atoms with Crippen LogP contribution in [-0.4, -0.2) is 41.8 Å². The number of rotatable bonds is 4. The lowest BCUT2D eigenvalue weighted by atomic mass is 10.3. The van der Waals surface area contributed by atoms with Gasteiger partial charge < -0.3 is 10.2 Å². The van der Waals surface area contributed by atoms with Crippen molar-refractivity contribution in [1.82, 2.24) is 4.72 Å². The van der Waals surface area contributed by atoms with Crippen molar-refractivity contribution in [3.63, 3.8) is 0 Å². The molecule has 0 bridgehead atoms. The molecule has 8 heteroatoms. The lowest BCUT2D eigenvalue weighted by Gasteiger charge is -2.06. The lowest BCUT2D eigenvalue weighted by Crippen LogP contribution is -2.42. The molecule has 4 N–H and O–H groups in total. The predicted octanol–water partition coefficient (Wildman–Crippen LogP) is -2.18. The van der Waals surface area contributed by atoms with Gasteiger partial charge in [-0.25, -0.2) is 0 Å². The first kappa shape index (κ1) is 10.3. The number of aliphatic hydroxyl groups excluding tert-OH is 1. The summed E-state index contributed by atoms with van der Waals surface area (Å²) in [6.07, 6.45) is 0. The summed E-state index contributed by atoms with van der Waals surface area (Å²) in [5.41, 5.74) is 0. The number of aliphatic hydroxyl groups is 1. The number of nitrogens with one attached hydrogen (secondary N) is 1. The molecule has 0 saturated heterocycles. The van der Waals surface area contributed by atoms with Gasteiger partial charge in [-0.15, -0.1) is 0 Å². The second-order valence-electron chi connectivity index (χ2n) is 1.67. The van der Waals surface area contributed by atoms with Crippen molar-refractivity contribution in [2.75, 3.05) is 6.61 Å². The summed E-state index contributed by atoms with van der Waals surface area (Å²) in [4.78, 5) is 10.0. The molecule has 0 aliphatic rings. The zero-order valence-electron chi connectivity index (χ0n) is 5.26. The summed E-state index contributed by atoms with van der Waals surface area (Å²) < 4.78 is 29.3. The monoisotopic (exact) mass is 185 g/mol. The van der Waals surface area contributed by atoms with E-state index in [-0.39, 0.29) is 0 Å². The standard InChI is InChI=1S/C3H7NO6S/c5-1-2(3(6)7)4-11(8,9)10/h2,4-5H,1H2,(H,6,7)(H,8,9,10). The fourth-order valence-corrected chi connectivity index (χ4v) is 0.880. The van der Waals surface area contributed by atoms with Gasteiger partial charge in [0.1, 0.15) is 6.04 Å². The van der Waals surface area contributed by atoms with Crippen LogP contribution in [0.5, 0.6) is 0 Å². The van der Waals surface area contributed by atoms with Crippen molar-refractivity contribution in [1.29, 1.82) is 0 Å². The van der Waals surface area contributed by atoms with Gasteiger partial charge in [-0.3, -0.25) is 9.35 Å². The van der Waals surface area contributed by atoms with Crippen LogP contribution in [0.4, 0.5) is 0 Å². The SMILES string of the molecule is O=C(O)C(CO)NS(=O)(=O)O. The molecule has 0 aromatic carbocycles. The third kappa shape index (κ3) is 4.67. The van der Waals surface area contributed by atoms with E-state index in [1.54, 1.807) is 0 Å². The fraction of sp³-hybridized carbons (Fsp3) is 0.667. The number of carboxylic acid groups (broad SMARTS) is 1. The molecule has 0 heterocycles. The van der Waals surface area contributed by atoms with Crippen LogP contribution in [0, 0.1) is 0 Å². The van der Waals surface area contributed by atoms with E-state index in [1.807, 2.05) is 0 Å². The molecule has 0 radical (unpaired) electrons. The van der Waals surface area contributed by atoms with Crippen molar-refractivity contribution in [2.24, 2.45) is 0 Å².